The van der Waals surface area contributed by atoms with Crippen molar-refractivity contribution in [3.63, 3.8) is 0 Å². The van der Waals surface area contributed by atoms with Gasteiger partial charge in [0.05, 0.1) is 5.52 Å². The molecule has 0 bridgehead atoms. The zero-order valence-corrected chi connectivity index (χ0v) is 13.7. The molecule has 0 spiro atoms. The summed E-state index contributed by atoms with van der Waals surface area (Å²) < 4.78 is 0. The second kappa shape index (κ2) is 6.42. The summed E-state index contributed by atoms with van der Waals surface area (Å²) in [7, 11) is 0. The van der Waals surface area contributed by atoms with Crippen LogP contribution in [-0.2, 0) is 11.2 Å². The Kier molecular flexibility index (Phi) is 3.95. The number of pyridine rings is 1. The van der Waals surface area contributed by atoms with Crippen LogP contribution < -0.4 is 10.8 Å². The lowest BCUT2D eigenvalue weighted by atomic mass is 10.1. The molecule has 0 saturated carbocycles. The van der Waals surface area contributed by atoms with Gasteiger partial charge in [-0.25, -0.2) is 10.5 Å². The lowest BCUT2D eigenvalue weighted by Crippen LogP contribution is -2.20. The number of carbonyl (C=O) groups excluding carboxylic acids is 2. The Morgan fingerprint density at radius 2 is 1.85 bits per heavy atom. The number of hydroxylamine groups is 1. The molecule has 1 aliphatic rings. The quantitative estimate of drug-likeness (QED) is 0.503. The van der Waals surface area contributed by atoms with Crippen LogP contribution in [-0.4, -0.2) is 22.0 Å². The molecule has 1 aromatic heterocycles. The van der Waals surface area contributed by atoms with E-state index >= 15 is 0 Å². The van der Waals surface area contributed by atoms with Crippen LogP contribution in [0.15, 0.2) is 60.2 Å². The fourth-order valence-electron chi connectivity index (χ4n) is 3.02. The number of para-hydroxylation sites is 1. The van der Waals surface area contributed by atoms with Gasteiger partial charge in [0, 0.05) is 23.1 Å². The first-order chi connectivity index (χ1) is 12.6. The summed E-state index contributed by atoms with van der Waals surface area (Å²) in [4.78, 5) is 28.4. The van der Waals surface area contributed by atoms with Crippen molar-refractivity contribution in [3.8, 4) is 0 Å². The van der Waals surface area contributed by atoms with E-state index < -0.39 is 5.91 Å². The Bertz CT molecular complexity index is 1070. The Morgan fingerprint density at radius 3 is 2.69 bits per heavy atom. The van der Waals surface area contributed by atoms with Gasteiger partial charge < -0.3 is 5.32 Å². The molecule has 26 heavy (non-hydrogen) atoms. The lowest BCUT2D eigenvalue weighted by molar-refractivity contribution is -0.125. The summed E-state index contributed by atoms with van der Waals surface area (Å²) in [5.41, 5.74) is 5.63. The minimum atomic E-state index is -0.521. The summed E-state index contributed by atoms with van der Waals surface area (Å²) in [6.45, 7) is 0. The number of anilines is 1. The van der Waals surface area contributed by atoms with Crippen molar-refractivity contribution < 1.29 is 14.8 Å². The van der Waals surface area contributed by atoms with Crippen LogP contribution in [0.3, 0.4) is 0 Å². The van der Waals surface area contributed by atoms with Gasteiger partial charge in [-0.2, -0.15) is 0 Å². The zero-order chi connectivity index (χ0) is 18.1. The van der Waals surface area contributed by atoms with E-state index in [-0.39, 0.29) is 5.91 Å². The molecule has 6 heteroatoms. The average molecular weight is 345 g/mol. The van der Waals surface area contributed by atoms with E-state index in [2.05, 4.69) is 10.3 Å². The molecule has 1 aliphatic carbocycles. The normalized spacial score (nSPS) is 12.4. The SMILES string of the molecule is O=C(NO)C1=Cc2cc(NC(=O)c3ccc4ccccc4n3)ccc2C1. The number of benzene rings is 2. The molecule has 0 unspecified atom stereocenters. The largest absolute Gasteiger partial charge is 0.321 e. The molecular weight excluding hydrogens is 330 g/mol. The molecule has 1 heterocycles. The number of hydrogen-bond acceptors (Lipinski definition) is 4. The standard InChI is InChI=1S/C20H15N3O3/c24-19(23-26)15-9-13-5-7-16(11-14(13)10-15)21-20(25)18-8-6-12-3-1-2-4-17(12)22-18/h1-8,10-11,26H,9H2,(H,21,25)(H,23,24). The molecule has 0 atom stereocenters. The molecule has 3 N–H and O–H groups in total. The number of hydrogen-bond donors (Lipinski definition) is 3. The molecular formula is C20H15N3O3. The summed E-state index contributed by atoms with van der Waals surface area (Å²) >= 11 is 0. The second-order valence-electron chi connectivity index (χ2n) is 6.04. The Hall–Kier alpha value is -3.51. The fourth-order valence-corrected chi connectivity index (χ4v) is 3.02. The average Bonchev–Trinajstić information content (AvgIpc) is 3.10. The number of nitrogens with zero attached hydrogens (tertiary/aromatic N) is 1. The van der Waals surface area contributed by atoms with E-state index in [1.807, 2.05) is 36.4 Å². The third-order valence-electron chi connectivity index (χ3n) is 4.34. The van der Waals surface area contributed by atoms with Crippen molar-refractivity contribution in [2.24, 2.45) is 0 Å². The molecule has 128 valence electrons. The van der Waals surface area contributed by atoms with Crippen molar-refractivity contribution in [1.29, 1.82) is 0 Å². The van der Waals surface area contributed by atoms with Gasteiger partial charge in [-0.05, 0) is 41.5 Å². The highest BCUT2D eigenvalue weighted by Crippen LogP contribution is 2.28. The molecule has 0 fully saturated rings. The number of amides is 2. The zero-order valence-electron chi connectivity index (χ0n) is 13.7. The number of nitrogens with one attached hydrogen (secondary N) is 2. The van der Waals surface area contributed by atoms with Crippen LogP contribution in [0.25, 0.3) is 17.0 Å². The van der Waals surface area contributed by atoms with Crippen LogP contribution in [0.4, 0.5) is 5.69 Å². The van der Waals surface area contributed by atoms with E-state index in [0.29, 0.717) is 23.4 Å². The highest BCUT2D eigenvalue weighted by Gasteiger charge is 2.19. The first-order valence-electron chi connectivity index (χ1n) is 8.09. The summed E-state index contributed by atoms with van der Waals surface area (Å²) in [5.74, 6) is -0.821. The van der Waals surface area contributed by atoms with Crippen molar-refractivity contribution in [2.45, 2.75) is 6.42 Å². The van der Waals surface area contributed by atoms with Crippen molar-refractivity contribution in [1.82, 2.24) is 10.5 Å². The van der Waals surface area contributed by atoms with Crippen LogP contribution in [0.1, 0.15) is 21.6 Å². The van der Waals surface area contributed by atoms with E-state index in [1.54, 1.807) is 29.8 Å². The Balaban J connectivity index is 1.56. The van der Waals surface area contributed by atoms with Gasteiger partial charge in [-0.3, -0.25) is 14.8 Å². The van der Waals surface area contributed by atoms with Crippen LogP contribution in [0.2, 0.25) is 0 Å². The first kappa shape index (κ1) is 16.0. The van der Waals surface area contributed by atoms with E-state index in [4.69, 9.17) is 5.21 Å². The maximum atomic E-state index is 12.5. The molecule has 0 aliphatic heterocycles. The maximum Gasteiger partial charge on any atom is 0.274 e. The second-order valence-corrected chi connectivity index (χ2v) is 6.04. The third kappa shape index (κ3) is 2.94. The van der Waals surface area contributed by atoms with Crippen LogP contribution >= 0.6 is 0 Å². The Morgan fingerprint density at radius 1 is 1.00 bits per heavy atom. The first-order valence-corrected chi connectivity index (χ1v) is 8.09. The van der Waals surface area contributed by atoms with Crippen LogP contribution in [0, 0.1) is 0 Å². The van der Waals surface area contributed by atoms with Crippen LogP contribution in [0.5, 0.6) is 0 Å². The predicted molar refractivity (Wildman–Crippen MR) is 97.7 cm³/mol. The smallest absolute Gasteiger partial charge is 0.274 e. The lowest BCUT2D eigenvalue weighted by Gasteiger charge is -2.07. The van der Waals surface area contributed by atoms with Gasteiger partial charge in [-0.1, -0.05) is 30.3 Å². The topological polar surface area (TPSA) is 91.3 Å². The molecule has 4 rings (SSSR count). The molecule has 6 nitrogen and oxygen atoms in total. The van der Waals surface area contributed by atoms with E-state index in [1.165, 1.54) is 0 Å². The van der Waals surface area contributed by atoms with E-state index in [0.717, 1.165) is 22.0 Å². The highest BCUT2D eigenvalue weighted by molar-refractivity contribution is 6.04. The molecule has 2 aromatic carbocycles. The number of carbonyl (C=O) groups is 2. The van der Waals surface area contributed by atoms with Crippen molar-refractivity contribution >= 4 is 34.5 Å². The molecule has 3 aromatic rings. The molecule has 2 amide bonds. The van der Waals surface area contributed by atoms with Crippen molar-refractivity contribution in [3.05, 3.63) is 77.0 Å². The van der Waals surface area contributed by atoms with Gasteiger partial charge in [-0.15, -0.1) is 0 Å². The fraction of sp³-hybridized carbons (Fsp3) is 0.0500. The summed E-state index contributed by atoms with van der Waals surface area (Å²) in [5, 5.41) is 12.5. The third-order valence-corrected chi connectivity index (χ3v) is 4.34. The molecule has 0 saturated heterocycles. The number of fused-ring (bicyclic) bond motifs is 2. The number of rotatable bonds is 3. The summed E-state index contributed by atoms with van der Waals surface area (Å²) in [6.07, 6.45) is 2.15. The summed E-state index contributed by atoms with van der Waals surface area (Å²) in [6, 6.07) is 16.6. The highest BCUT2D eigenvalue weighted by atomic mass is 16.5. The van der Waals surface area contributed by atoms with E-state index in [9.17, 15) is 9.59 Å². The molecule has 0 radical (unpaired) electrons. The minimum absolute atomic E-state index is 0.300. The van der Waals surface area contributed by atoms with Gasteiger partial charge >= 0.3 is 0 Å². The van der Waals surface area contributed by atoms with Gasteiger partial charge in [0.1, 0.15) is 5.69 Å². The van der Waals surface area contributed by atoms with Gasteiger partial charge in [0.15, 0.2) is 0 Å². The van der Waals surface area contributed by atoms with Crippen molar-refractivity contribution in [2.75, 3.05) is 5.32 Å². The maximum absolute atomic E-state index is 12.5. The van der Waals surface area contributed by atoms with Gasteiger partial charge in [0.25, 0.3) is 11.8 Å². The van der Waals surface area contributed by atoms with Gasteiger partial charge in [0.2, 0.25) is 0 Å². The predicted octanol–water partition coefficient (Wildman–Crippen LogP) is 2.93. The minimum Gasteiger partial charge on any atom is -0.321 e. The monoisotopic (exact) mass is 345 g/mol. The number of aromatic nitrogens is 1. The Labute approximate surface area is 149 Å².